The maximum Gasteiger partial charge on any atom is 0.176 e. The molecule has 27 heavy (non-hydrogen) atoms. The van der Waals surface area contributed by atoms with E-state index < -0.39 is 0 Å². The smallest absolute Gasteiger partial charge is 0.176 e. The van der Waals surface area contributed by atoms with E-state index in [1.165, 1.54) is 77.0 Å². The van der Waals surface area contributed by atoms with E-state index in [-0.39, 0.29) is 11.6 Å². The number of rotatable bonds is 16. The predicted molar refractivity (Wildman–Crippen MR) is 113 cm³/mol. The molecule has 0 radical (unpaired) electrons. The zero-order valence-corrected chi connectivity index (χ0v) is 18.7. The summed E-state index contributed by atoms with van der Waals surface area (Å²) in [6.07, 6.45) is 17.0. The van der Waals surface area contributed by atoms with Crippen LogP contribution in [0.25, 0.3) is 0 Å². The van der Waals surface area contributed by atoms with Crippen molar-refractivity contribution in [3.8, 4) is 0 Å². The van der Waals surface area contributed by atoms with Crippen molar-refractivity contribution < 1.29 is 14.2 Å². The molecule has 0 aliphatic carbocycles. The van der Waals surface area contributed by atoms with E-state index in [1.807, 2.05) is 0 Å². The van der Waals surface area contributed by atoms with Gasteiger partial charge >= 0.3 is 0 Å². The molecule has 2 unspecified atom stereocenters. The summed E-state index contributed by atoms with van der Waals surface area (Å²) >= 11 is 0. The van der Waals surface area contributed by atoms with Crippen LogP contribution in [0.5, 0.6) is 0 Å². The lowest BCUT2D eigenvalue weighted by atomic mass is 9.80. The largest absolute Gasteiger partial charge is 0.349 e. The number of hydrogen-bond donors (Lipinski definition) is 0. The molecule has 160 valence electrons. The van der Waals surface area contributed by atoms with Gasteiger partial charge in [-0.05, 0) is 25.7 Å². The maximum atomic E-state index is 6.97. The van der Waals surface area contributed by atoms with Gasteiger partial charge < -0.3 is 14.2 Å². The Balaban J connectivity index is 2.12. The number of unbranched alkanes of at least 4 members (excludes halogenated alkanes) is 4. The third-order valence-electron chi connectivity index (χ3n) is 6.81. The molecule has 0 saturated carbocycles. The van der Waals surface area contributed by atoms with E-state index in [4.69, 9.17) is 14.2 Å². The van der Waals surface area contributed by atoms with Crippen molar-refractivity contribution in [3.05, 3.63) is 0 Å². The number of hydrogen-bond acceptors (Lipinski definition) is 3. The molecule has 0 aromatic carbocycles. The van der Waals surface area contributed by atoms with E-state index in [9.17, 15) is 0 Å². The van der Waals surface area contributed by atoms with Crippen molar-refractivity contribution in [2.45, 2.75) is 129 Å². The van der Waals surface area contributed by atoms with Gasteiger partial charge in [0.25, 0.3) is 0 Å². The standard InChI is InChI=1S/C24H46O3/c1-5-9-13-21(14-10-6-2)23(17-19-25-23)27-24(18-20-26-24)22(15-11-7-3)16-12-8-4/h21-22H,5-20H2,1-4H3. The summed E-state index contributed by atoms with van der Waals surface area (Å²) in [4.78, 5) is 0. The Labute approximate surface area is 168 Å². The minimum Gasteiger partial charge on any atom is -0.349 e. The highest BCUT2D eigenvalue weighted by Gasteiger charge is 2.56. The van der Waals surface area contributed by atoms with Gasteiger partial charge in [-0.25, -0.2) is 0 Å². The van der Waals surface area contributed by atoms with Crippen molar-refractivity contribution in [1.82, 2.24) is 0 Å². The normalized spacial score (nSPS) is 27.8. The fourth-order valence-corrected chi connectivity index (χ4v) is 4.84. The van der Waals surface area contributed by atoms with Crippen LogP contribution in [0.2, 0.25) is 0 Å². The molecule has 0 bridgehead atoms. The van der Waals surface area contributed by atoms with Gasteiger partial charge in [0.05, 0.1) is 13.2 Å². The summed E-state index contributed by atoms with van der Waals surface area (Å²) in [7, 11) is 0. The van der Waals surface area contributed by atoms with Gasteiger partial charge in [0.15, 0.2) is 11.6 Å². The summed E-state index contributed by atoms with van der Waals surface area (Å²) in [6, 6.07) is 0. The molecule has 0 aromatic rings. The van der Waals surface area contributed by atoms with E-state index in [1.54, 1.807) is 0 Å². The Morgan fingerprint density at radius 3 is 1.11 bits per heavy atom. The molecule has 0 aromatic heterocycles. The quantitative estimate of drug-likeness (QED) is 0.282. The number of ether oxygens (including phenoxy) is 3. The average Bonchev–Trinajstić information content (AvgIpc) is 2.61. The Kier molecular flexibility index (Phi) is 10.1. The molecule has 0 amide bonds. The Bertz CT molecular complexity index is 335. The van der Waals surface area contributed by atoms with Crippen LogP contribution in [0.3, 0.4) is 0 Å². The minimum atomic E-state index is -0.374. The lowest BCUT2D eigenvalue weighted by Crippen LogP contribution is -2.63. The third-order valence-corrected chi connectivity index (χ3v) is 6.81. The van der Waals surface area contributed by atoms with Crippen LogP contribution in [-0.2, 0) is 14.2 Å². The predicted octanol–water partition coefficient (Wildman–Crippen LogP) is 7.23. The van der Waals surface area contributed by atoms with Crippen molar-refractivity contribution in [2.75, 3.05) is 13.2 Å². The minimum absolute atomic E-state index is 0.374. The fraction of sp³-hybridized carbons (Fsp3) is 1.00. The van der Waals surface area contributed by atoms with Gasteiger partial charge in [0, 0.05) is 24.7 Å². The van der Waals surface area contributed by atoms with Crippen molar-refractivity contribution >= 4 is 0 Å². The van der Waals surface area contributed by atoms with E-state index in [0.717, 1.165) is 26.1 Å². The Morgan fingerprint density at radius 2 is 0.926 bits per heavy atom. The Morgan fingerprint density at radius 1 is 0.630 bits per heavy atom. The first-order valence-corrected chi connectivity index (χ1v) is 12.1. The summed E-state index contributed by atoms with van der Waals surface area (Å²) in [5.74, 6) is 0.290. The van der Waals surface area contributed by atoms with Crippen LogP contribution in [0.1, 0.15) is 118 Å². The molecule has 3 nitrogen and oxygen atoms in total. The van der Waals surface area contributed by atoms with E-state index >= 15 is 0 Å². The molecular formula is C24H46O3. The van der Waals surface area contributed by atoms with Crippen LogP contribution in [0.4, 0.5) is 0 Å². The molecule has 0 N–H and O–H groups in total. The third kappa shape index (κ3) is 5.93. The maximum absolute atomic E-state index is 6.97. The second kappa shape index (κ2) is 11.8. The van der Waals surface area contributed by atoms with Crippen molar-refractivity contribution in [2.24, 2.45) is 11.8 Å². The van der Waals surface area contributed by atoms with E-state index in [2.05, 4.69) is 27.7 Å². The zero-order valence-electron chi connectivity index (χ0n) is 18.7. The highest BCUT2D eigenvalue weighted by molar-refractivity contribution is 4.94. The second-order valence-electron chi connectivity index (χ2n) is 8.89. The molecule has 2 atom stereocenters. The SMILES string of the molecule is CCCCC(CCCC)C1(OC2(C(CCCC)CCCC)CCO2)CCO1. The molecule has 2 rings (SSSR count). The van der Waals surface area contributed by atoms with Gasteiger partial charge in [0.2, 0.25) is 0 Å². The first-order valence-electron chi connectivity index (χ1n) is 12.1. The molecule has 2 aliphatic rings. The molecule has 2 saturated heterocycles. The summed E-state index contributed by atoms with van der Waals surface area (Å²) in [5, 5.41) is 0. The van der Waals surface area contributed by atoms with Crippen LogP contribution in [0.15, 0.2) is 0 Å². The zero-order chi connectivity index (χ0) is 19.6. The topological polar surface area (TPSA) is 27.7 Å². The molecule has 0 spiro atoms. The highest BCUT2D eigenvalue weighted by Crippen LogP contribution is 2.50. The van der Waals surface area contributed by atoms with Crippen LogP contribution >= 0.6 is 0 Å². The molecule has 2 heterocycles. The van der Waals surface area contributed by atoms with Gasteiger partial charge in [-0.3, -0.25) is 0 Å². The van der Waals surface area contributed by atoms with E-state index in [0.29, 0.717) is 11.8 Å². The summed E-state index contributed by atoms with van der Waals surface area (Å²) in [5.41, 5.74) is 0. The van der Waals surface area contributed by atoms with Gasteiger partial charge in [-0.1, -0.05) is 79.1 Å². The fourth-order valence-electron chi connectivity index (χ4n) is 4.84. The highest BCUT2D eigenvalue weighted by atomic mass is 16.8. The molecule has 3 heteroatoms. The molecule has 2 aliphatic heterocycles. The van der Waals surface area contributed by atoms with Crippen LogP contribution in [-0.4, -0.2) is 24.8 Å². The monoisotopic (exact) mass is 382 g/mol. The van der Waals surface area contributed by atoms with Crippen molar-refractivity contribution in [3.63, 3.8) is 0 Å². The molecular weight excluding hydrogens is 336 g/mol. The second-order valence-corrected chi connectivity index (χ2v) is 8.89. The van der Waals surface area contributed by atoms with Crippen LogP contribution in [0, 0.1) is 11.8 Å². The Hall–Kier alpha value is -0.120. The van der Waals surface area contributed by atoms with Gasteiger partial charge in [-0.15, -0.1) is 0 Å². The first kappa shape index (κ1) is 23.2. The average molecular weight is 383 g/mol. The van der Waals surface area contributed by atoms with Gasteiger partial charge in [0.1, 0.15) is 0 Å². The summed E-state index contributed by atoms with van der Waals surface area (Å²) in [6.45, 7) is 10.8. The van der Waals surface area contributed by atoms with Crippen molar-refractivity contribution in [1.29, 1.82) is 0 Å². The lowest BCUT2D eigenvalue weighted by molar-refractivity contribution is -0.457. The van der Waals surface area contributed by atoms with Crippen LogP contribution < -0.4 is 0 Å². The lowest BCUT2D eigenvalue weighted by Gasteiger charge is -2.57. The summed E-state index contributed by atoms with van der Waals surface area (Å²) < 4.78 is 19.5. The first-order chi connectivity index (χ1) is 13.2. The van der Waals surface area contributed by atoms with Gasteiger partial charge in [-0.2, -0.15) is 0 Å². The molecule has 2 fully saturated rings.